The molecular formula is C48H46Cu4N8O29W6-36. The largest absolute Gasteiger partial charge is 2.00 e. The molecule has 47 heteroatoms. The molecule has 4 aromatic carbocycles. The van der Waals surface area contributed by atoms with Crippen molar-refractivity contribution in [1.29, 1.82) is 0 Å². The van der Waals surface area contributed by atoms with Crippen molar-refractivity contribution in [1.82, 2.24) is 39.9 Å². The van der Waals surface area contributed by atoms with Crippen molar-refractivity contribution in [2.24, 2.45) is 0 Å². The predicted octanol–water partition coefficient (Wildman–Crippen LogP) is 3.31. The zero-order valence-electron chi connectivity index (χ0n) is 46.2. The first-order valence-electron chi connectivity index (χ1n) is 18.1. The van der Waals surface area contributed by atoms with Gasteiger partial charge in [0.2, 0.25) is 0 Å². The number of nitrogens with zero attached hydrogens (tertiary/aromatic N) is 8. The van der Waals surface area contributed by atoms with Gasteiger partial charge in [0.15, 0.2) is 0 Å². The molecule has 12 aromatic rings. The number of benzene rings is 4. The Kier molecular flexibility index (Phi) is 220. The van der Waals surface area contributed by atoms with Gasteiger partial charge in [0.25, 0.3) is 0 Å². The predicted molar refractivity (Wildman–Crippen MR) is 268 cm³/mol. The Bertz CT molecular complexity index is 2770. The first-order chi connectivity index (χ1) is 27.8. The van der Waals surface area contributed by atoms with E-state index in [0.29, 0.717) is 0 Å². The van der Waals surface area contributed by atoms with E-state index in [0.717, 1.165) is 87.2 Å². The van der Waals surface area contributed by atoms with Crippen LogP contribution in [0.4, 0.5) is 0 Å². The monoisotopic (exact) mass is 2550 g/mol. The van der Waals surface area contributed by atoms with Crippen LogP contribution in [0.5, 0.6) is 0 Å². The second kappa shape index (κ2) is 102. The number of fused-ring (bicyclic) bond motifs is 12. The third-order valence-corrected chi connectivity index (χ3v) is 9.38. The van der Waals surface area contributed by atoms with Gasteiger partial charge in [-0.15, -0.1) is 0 Å². The Morgan fingerprint density at radius 1 is 0.147 bits per heavy atom. The van der Waals surface area contributed by atoms with Gasteiger partial charge in [-0.1, -0.05) is 97.1 Å². The number of hydrogen-bond acceptors (Lipinski definition) is 10. The van der Waals surface area contributed by atoms with Crippen molar-refractivity contribution in [3.63, 3.8) is 0 Å². The molecule has 0 unspecified atom stereocenters. The second-order valence-corrected chi connectivity index (χ2v) is 12.9. The van der Waals surface area contributed by atoms with Gasteiger partial charge >= 0.3 is 68.3 Å². The molecule has 0 bridgehead atoms. The van der Waals surface area contributed by atoms with Crippen molar-refractivity contribution in [3.8, 4) is 0 Å². The first-order valence-corrected chi connectivity index (χ1v) is 18.1. The van der Waals surface area contributed by atoms with Crippen LogP contribution in [0, 0.1) is 0 Å². The number of hydrogen-bond donors (Lipinski definition) is 0. The molecule has 95 heavy (non-hydrogen) atoms. The van der Waals surface area contributed by atoms with Gasteiger partial charge in [-0.05, 0) is 48.5 Å². The molecule has 0 aliphatic carbocycles. The maximum atomic E-state index is 4.35. The van der Waals surface area contributed by atoms with Gasteiger partial charge in [0.1, 0.15) is 0 Å². The Labute approximate surface area is 668 Å². The number of aromatic nitrogens is 8. The quantitative estimate of drug-likeness (QED) is 0.157. The van der Waals surface area contributed by atoms with E-state index >= 15 is 0 Å². The summed E-state index contributed by atoms with van der Waals surface area (Å²) in [6, 6.07) is 48.6. The molecule has 0 aliphatic rings. The van der Waals surface area contributed by atoms with Crippen molar-refractivity contribution in [2.45, 2.75) is 0 Å². The van der Waals surface area contributed by atoms with Crippen molar-refractivity contribution < 1.29 is 353 Å². The molecule has 0 saturated carbocycles. The van der Waals surface area contributed by atoms with E-state index in [-0.39, 0.29) is 353 Å². The Morgan fingerprint density at radius 3 is 0.295 bits per heavy atom. The standard InChI is InChI=1S/4C12H8N2.4Cu.8H2O.21O.6W/c4*1-3-9-5-6-10-4-2-8-14-12(10)11(9)13-7-1;;;;;;;;;;;;;;;;;;;;;;;;;;;;;;;;;;;;;;;/h4*1-8H;;;;;8*1H2;;;;;;;;;;;;;;;;;;;;;;;;;;;/q;;;;4*+2;;;;;;;;;21*-2;;;;;;/p-2. The third kappa shape index (κ3) is 49.4. The average molecular weight is 2560 g/mol. The van der Waals surface area contributed by atoms with E-state index < -0.39 is 0 Å². The average Bonchev–Trinajstić information content (AvgIpc) is 3.29. The van der Waals surface area contributed by atoms with Crippen molar-refractivity contribution in [3.05, 3.63) is 195 Å². The van der Waals surface area contributed by atoms with E-state index in [1.807, 2.05) is 48.5 Å². The molecule has 12 rings (SSSR count). The SMILES string of the molecule is O.O.O.O.O.O.[Cu+2].[Cu+2].[Cu+2].[Cu+2].[O-2].[O-2].[O-2].[O-2].[O-2].[O-2].[O-2].[O-2].[O-2].[O-2].[O-2].[O-2].[O-2].[O-2].[O-2].[O-2].[O-2].[O-2].[O-2].[O-2].[O-2].[OH-].[OH-].[W].[W].[W].[W].[W].[W].c1cnc2c(c1)ccc1cccnc12.c1cnc2c(c1)ccc1cccnc12.c1cnc2c(c1)ccc1cccnc12.c1cnc2c(c1)ccc1cccnc12. The van der Waals surface area contributed by atoms with Crippen LogP contribution in [0.2, 0.25) is 0 Å². The summed E-state index contributed by atoms with van der Waals surface area (Å²) in [5.74, 6) is 0. The molecule has 8 aromatic heterocycles. The summed E-state index contributed by atoms with van der Waals surface area (Å²) < 4.78 is 0. The summed E-state index contributed by atoms with van der Waals surface area (Å²) in [6.07, 6.45) is 14.4. The normalized spacial score (nSPS) is 6.40. The van der Waals surface area contributed by atoms with E-state index in [2.05, 4.69) is 137 Å². The minimum absolute atomic E-state index is 0. The second-order valence-electron chi connectivity index (χ2n) is 12.9. The molecule has 0 atom stereocenters. The van der Waals surface area contributed by atoms with E-state index in [1.165, 1.54) is 0 Å². The van der Waals surface area contributed by atoms with Gasteiger partial charge < -0.3 is 159 Å². The van der Waals surface area contributed by atoms with Crippen LogP contribution in [0.1, 0.15) is 0 Å². The minimum Gasteiger partial charge on any atom is -2.00 e. The van der Waals surface area contributed by atoms with Crippen LogP contribution in [0.3, 0.4) is 0 Å². The fraction of sp³-hybridized carbons (Fsp3) is 0. The van der Waals surface area contributed by atoms with Crippen LogP contribution in [-0.2, 0) is 310 Å². The number of pyridine rings is 8. The van der Waals surface area contributed by atoms with Crippen molar-refractivity contribution >= 4 is 87.2 Å². The van der Waals surface area contributed by atoms with Crippen LogP contribution >= 0.6 is 0 Å². The minimum atomic E-state index is 0. The summed E-state index contributed by atoms with van der Waals surface area (Å²) in [5, 5.41) is 9.10. The van der Waals surface area contributed by atoms with Crippen LogP contribution in [0.15, 0.2) is 195 Å². The number of rotatable bonds is 0. The van der Waals surface area contributed by atoms with Gasteiger partial charge in [-0.3, -0.25) is 39.9 Å². The molecule has 568 valence electrons. The van der Waals surface area contributed by atoms with Crippen LogP contribution < -0.4 is 0 Å². The fourth-order valence-electron chi connectivity index (χ4n) is 6.72. The zero-order chi connectivity index (χ0) is 37.5. The Morgan fingerprint density at radius 2 is 0.221 bits per heavy atom. The van der Waals surface area contributed by atoms with Crippen LogP contribution in [-0.4, -0.2) is 83.7 Å². The molecule has 0 saturated heterocycles. The third-order valence-electron chi connectivity index (χ3n) is 9.38. The molecule has 14 N–H and O–H groups in total. The summed E-state index contributed by atoms with van der Waals surface area (Å²) in [5.41, 5.74) is 7.82. The molecule has 0 aliphatic heterocycles. The zero-order valence-corrected chi connectivity index (χ0v) is 67.5. The summed E-state index contributed by atoms with van der Waals surface area (Å²) in [6.45, 7) is 0. The van der Waals surface area contributed by atoms with Gasteiger partial charge in [-0.2, -0.15) is 0 Å². The first kappa shape index (κ1) is 205. The fourth-order valence-corrected chi connectivity index (χ4v) is 6.72. The molecule has 37 nitrogen and oxygen atoms in total. The van der Waals surface area contributed by atoms with Gasteiger partial charge in [-0.25, -0.2) is 0 Å². The van der Waals surface area contributed by atoms with E-state index in [4.69, 9.17) is 0 Å². The van der Waals surface area contributed by atoms with E-state index in [9.17, 15) is 0 Å². The summed E-state index contributed by atoms with van der Waals surface area (Å²) >= 11 is 0. The molecule has 0 spiro atoms. The topological polar surface area (TPSA) is 951 Å². The molecule has 4 radical (unpaired) electrons. The van der Waals surface area contributed by atoms with Crippen molar-refractivity contribution in [2.75, 3.05) is 0 Å². The summed E-state index contributed by atoms with van der Waals surface area (Å²) in [7, 11) is 0. The maximum Gasteiger partial charge on any atom is 2.00 e. The molecular weight excluding hydrogens is 2510 g/mol. The molecule has 0 fully saturated rings. The smallest absolute Gasteiger partial charge is 2.00 e. The Hall–Kier alpha value is -2.79. The maximum absolute atomic E-state index is 4.35. The van der Waals surface area contributed by atoms with E-state index in [1.54, 1.807) is 49.6 Å². The Balaban J connectivity index is -0.0000000174. The molecule has 8 heterocycles. The molecule has 0 amide bonds. The van der Waals surface area contributed by atoms with Crippen LogP contribution in [0.25, 0.3) is 87.2 Å². The van der Waals surface area contributed by atoms with Gasteiger partial charge in [0, 0.05) is 219 Å². The summed E-state index contributed by atoms with van der Waals surface area (Å²) in [4.78, 5) is 34.8. The van der Waals surface area contributed by atoms with Gasteiger partial charge in [0.05, 0.1) is 44.1 Å².